The van der Waals surface area contributed by atoms with E-state index in [0.29, 0.717) is 5.69 Å². The minimum Gasteiger partial charge on any atom is -0.494 e. The standard InChI is InChI=1S/C14H12ClFN2O2/c1-8-5-11(13(15)17-7-8)18-14(19)9-3-4-10(16)12(6-9)20-2/h3-7H,1-2H3,(H,18,19). The highest BCUT2D eigenvalue weighted by atomic mass is 35.5. The summed E-state index contributed by atoms with van der Waals surface area (Å²) in [4.78, 5) is 16.0. The van der Waals surface area contributed by atoms with Crippen LogP contribution >= 0.6 is 11.6 Å². The van der Waals surface area contributed by atoms with Crippen molar-refractivity contribution in [1.82, 2.24) is 4.98 Å². The van der Waals surface area contributed by atoms with Crippen LogP contribution in [0.4, 0.5) is 10.1 Å². The lowest BCUT2D eigenvalue weighted by molar-refractivity contribution is 0.102. The largest absolute Gasteiger partial charge is 0.494 e. The van der Waals surface area contributed by atoms with Gasteiger partial charge in [-0.25, -0.2) is 9.37 Å². The van der Waals surface area contributed by atoms with Gasteiger partial charge in [0.25, 0.3) is 5.91 Å². The number of amides is 1. The third kappa shape index (κ3) is 3.05. The lowest BCUT2D eigenvalue weighted by atomic mass is 10.2. The van der Waals surface area contributed by atoms with E-state index in [1.165, 1.54) is 25.3 Å². The van der Waals surface area contributed by atoms with E-state index in [2.05, 4.69) is 10.3 Å². The number of aromatic nitrogens is 1. The van der Waals surface area contributed by atoms with E-state index >= 15 is 0 Å². The van der Waals surface area contributed by atoms with Gasteiger partial charge in [0.15, 0.2) is 16.7 Å². The fourth-order valence-electron chi connectivity index (χ4n) is 1.64. The summed E-state index contributed by atoms with van der Waals surface area (Å²) in [6.45, 7) is 1.83. The minimum absolute atomic E-state index is 0.00566. The van der Waals surface area contributed by atoms with E-state index in [1.54, 1.807) is 12.3 Å². The van der Waals surface area contributed by atoms with E-state index in [9.17, 15) is 9.18 Å². The van der Waals surface area contributed by atoms with E-state index in [-0.39, 0.29) is 16.5 Å². The number of nitrogens with one attached hydrogen (secondary N) is 1. The van der Waals surface area contributed by atoms with Crippen LogP contribution in [0.3, 0.4) is 0 Å². The predicted octanol–water partition coefficient (Wildman–Crippen LogP) is 3.44. The average molecular weight is 295 g/mol. The second-order valence-corrected chi connectivity index (χ2v) is 4.51. The first-order valence-corrected chi connectivity index (χ1v) is 6.16. The zero-order valence-corrected chi connectivity index (χ0v) is 11.7. The Hall–Kier alpha value is -2.14. The average Bonchev–Trinajstić information content (AvgIpc) is 2.43. The number of carbonyl (C=O) groups is 1. The van der Waals surface area contributed by atoms with E-state index in [0.717, 1.165) is 5.56 Å². The summed E-state index contributed by atoms with van der Waals surface area (Å²) in [6, 6.07) is 5.56. The van der Waals surface area contributed by atoms with Crippen molar-refractivity contribution in [3.8, 4) is 5.75 Å². The maximum atomic E-state index is 13.3. The molecule has 0 fully saturated rings. The van der Waals surface area contributed by atoms with E-state index in [4.69, 9.17) is 16.3 Å². The Morgan fingerprint density at radius 3 is 2.85 bits per heavy atom. The quantitative estimate of drug-likeness (QED) is 0.882. The summed E-state index contributed by atoms with van der Waals surface area (Å²) in [5.74, 6) is -0.942. The molecule has 0 aliphatic rings. The number of hydrogen-bond acceptors (Lipinski definition) is 3. The molecule has 0 aliphatic heterocycles. The third-order valence-electron chi connectivity index (χ3n) is 2.64. The van der Waals surface area contributed by atoms with E-state index in [1.807, 2.05) is 6.92 Å². The van der Waals surface area contributed by atoms with Gasteiger partial charge in [0.05, 0.1) is 12.8 Å². The molecule has 0 spiro atoms. The van der Waals surface area contributed by atoms with Crippen LogP contribution < -0.4 is 10.1 Å². The Morgan fingerprint density at radius 1 is 1.40 bits per heavy atom. The number of ether oxygens (including phenoxy) is 1. The van der Waals surface area contributed by atoms with Crippen molar-refractivity contribution in [2.45, 2.75) is 6.92 Å². The zero-order valence-electron chi connectivity index (χ0n) is 10.9. The van der Waals surface area contributed by atoms with Crippen LogP contribution in [0, 0.1) is 12.7 Å². The molecule has 2 aromatic rings. The molecular weight excluding hydrogens is 283 g/mol. The number of hydrogen-bond donors (Lipinski definition) is 1. The molecule has 4 nitrogen and oxygen atoms in total. The smallest absolute Gasteiger partial charge is 0.255 e. The SMILES string of the molecule is COc1cc(C(=O)Nc2cc(C)cnc2Cl)ccc1F. The van der Waals surface area contributed by atoms with Gasteiger partial charge in [-0.3, -0.25) is 4.79 Å². The van der Waals surface area contributed by atoms with Crippen molar-refractivity contribution in [2.75, 3.05) is 12.4 Å². The maximum absolute atomic E-state index is 13.3. The maximum Gasteiger partial charge on any atom is 0.255 e. The van der Waals surface area contributed by atoms with Gasteiger partial charge >= 0.3 is 0 Å². The normalized spacial score (nSPS) is 10.2. The second-order valence-electron chi connectivity index (χ2n) is 4.15. The Kier molecular flexibility index (Phi) is 4.20. The molecule has 0 saturated heterocycles. The van der Waals surface area contributed by atoms with Gasteiger partial charge in [-0.2, -0.15) is 0 Å². The zero-order chi connectivity index (χ0) is 14.7. The molecule has 104 valence electrons. The van der Waals surface area contributed by atoms with Gasteiger partial charge in [0.1, 0.15) is 0 Å². The lowest BCUT2D eigenvalue weighted by Gasteiger charge is -2.09. The molecule has 1 aromatic heterocycles. The second kappa shape index (κ2) is 5.88. The van der Waals surface area contributed by atoms with Crippen LogP contribution in [0.25, 0.3) is 0 Å². The molecule has 20 heavy (non-hydrogen) atoms. The molecular formula is C14H12ClFN2O2. The van der Waals surface area contributed by atoms with Crippen molar-refractivity contribution >= 4 is 23.2 Å². The van der Waals surface area contributed by atoms with Crippen LogP contribution in [0.2, 0.25) is 5.15 Å². The van der Waals surface area contributed by atoms with Crippen LogP contribution in [0.1, 0.15) is 15.9 Å². The monoisotopic (exact) mass is 294 g/mol. The number of aryl methyl sites for hydroxylation is 1. The highest BCUT2D eigenvalue weighted by Gasteiger charge is 2.12. The molecule has 0 unspecified atom stereocenters. The van der Waals surface area contributed by atoms with Gasteiger partial charge in [0, 0.05) is 11.8 Å². The van der Waals surface area contributed by atoms with Gasteiger partial charge in [-0.05, 0) is 36.8 Å². The van der Waals surface area contributed by atoms with Crippen LogP contribution in [0.5, 0.6) is 5.75 Å². The van der Waals surface area contributed by atoms with Crippen molar-refractivity contribution in [3.63, 3.8) is 0 Å². The van der Waals surface area contributed by atoms with Gasteiger partial charge in [0.2, 0.25) is 0 Å². The van der Waals surface area contributed by atoms with Crippen molar-refractivity contribution < 1.29 is 13.9 Å². The van der Waals surface area contributed by atoms with Gasteiger partial charge in [-0.15, -0.1) is 0 Å². The Balaban J connectivity index is 2.26. The van der Waals surface area contributed by atoms with Crippen molar-refractivity contribution in [3.05, 3.63) is 52.6 Å². The summed E-state index contributed by atoms with van der Waals surface area (Å²) in [7, 11) is 1.33. The van der Waals surface area contributed by atoms with Crippen LogP contribution in [-0.4, -0.2) is 18.0 Å². The van der Waals surface area contributed by atoms with E-state index < -0.39 is 11.7 Å². The molecule has 0 radical (unpaired) electrons. The van der Waals surface area contributed by atoms with Gasteiger partial charge in [-0.1, -0.05) is 11.6 Å². The summed E-state index contributed by atoms with van der Waals surface area (Å²) in [5, 5.41) is 2.82. The first kappa shape index (κ1) is 14.3. The summed E-state index contributed by atoms with van der Waals surface area (Å²) < 4.78 is 18.1. The summed E-state index contributed by atoms with van der Waals surface area (Å²) in [5.41, 5.74) is 1.53. The first-order valence-electron chi connectivity index (χ1n) is 5.78. The number of carbonyl (C=O) groups excluding carboxylic acids is 1. The highest BCUT2D eigenvalue weighted by Crippen LogP contribution is 2.22. The number of halogens is 2. The molecule has 0 bridgehead atoms. The predicted molar refractivity (Wildman–Crippen MR) is 74.9 cm³/mol. The highest BCUT2D eigenvalue weighted by molar-refractivity contribution is 6.32. The Bertz CT molecular complexity index is 662. The third-order valence-corrected chi connectivity index (χ3v) is 2.94. The molecule has 1 amide bonds. The number of anilines is 1. The molecule has 1 N–H and O–H groups in total. The van der Waals surface area contributed by atoms with Crippen LogP contribution in [0.15, 0.2) is 30.5 Å². The molecule has 1 heterocycles. The summed E-state index contributed by atoms with van der Waals surface area (Å²) >= 11 is 5.90. The molecule has 6 heteroatoms. The Morgan fingerprint density at radius 2 is 2.15 bits per heavy atom. The minimum atomic E-state index is -0.528. The number of nitrogens with zero attached hydrogens (tertiary/aromatic N) is 1. The summed E-state index contributed by atoms with van der Waals surface area (Å²) in [6.07, 6.45) is 1.60. The number of benzene rings is 1. The molecule has 1 aromatic carbocycles. The Labute approximate surface area is 120 Å². The fraction of sp³-hybridized carbons (Fsp3) is 0.143. The number of rotatable bonds is 3. The number of pyridine rings is 1. The van der Waals surface area contributed by atoms with Crippen LogP contribution in [-0.2, 0) is 0 Å². The topological polar surface area (TPSA) is 51.2 Å². The van der Waals surface area contributed by atoms with Crippen molar-refractivity contribution in [2.24, 2.45) is 0 Å². The molecule has 0 atom stereocenters. The molecule has 2 rings (SSSR count). The van der Waals surface area contributed by atoms with Crippen molar-refractivity contribution in [1.29, 1.82) is 0 Å². The number of methoxy groups -OCH3 is 1. The van der Waals surface area contributed by atoms with Gasteiger partial charge < -0.3 is 10.1 Å². The lowest BCUT2D eigenvalue weighted by Crippen LogP contribution is -2.13. The fourth-order valence-corrected chi connectivity index (χ4v) is 1.79. The molecule has 0 saturated carbocycles. The molecule has 0 aliphatic carbocycles. The first-order chi connectivity index (χ1) is 9.51.